The molecule has 0 aliphatic carbocycles. The van der Waals surface area contributed by atoms with Crippen LogP contribution < -0.4 is 10.1 Å². The highest BCUT2D eigenvalue weighted by molar-refractivity contribution is 5.77. The summed E-state index contributed by atoms with van der Waals surface area (Å²) in [5.41, 5.74) is 0.502. The van der Waals surface area contributed by atoms with E-state index in [1.807, 2.05) is 36.1 Å². The van der Waals surface area contributed by atoms with Gasteiger partial charge >= 0.3 is 0 Å². The van der Waals surface area contributed by atoms with E-state index in [1.165, 1.54) is 11.0 Å². The maximum Gasteiger partial charge on any atom is 0.242 e. The first-order chi connectivity index (χ1) is 13.6. The lowest BCUT2D eigenvalue weighted by Crippen LogP contribution is -2.46. The van der Waals surface area contributed by atoms with Crippen LogP contribution in [-0.4, -0.2) is 55.6 Å². The molecule has 1 fully saturated rings. The second kappa shape index (κ2) is 7.57. The third-order valence-corrected chi connectivity index (χ3v) is 5.60. The number of benzene rings is 1. The number of aromatic nitrogens is 4. The van der Waals surface area contributed by atoms with Gasteiger partial charge in [-0.2, -0.15) is 0 Å². The van der Waals surface area contributed by atoms with E-state index in [-0.39, 0.29) is 24.4 Å². The molecule has 2 atom stereocenters. The van der Waals surface area contributed by atoms with Crippen LogP contribution in [0.2, 0.25) is 0 Å². The third kappa shape index (κ3) is 3.69. The van der Waals surface area contributed by atoms with Crippen molar-refractivity contribution in [3.8, 4) is 5.75 Å². The van der Waals surface area contributed by atoms with Crippen molar-refractivity contribution >= 4 is 11.8 Å². The van der Waals surface area contributed by atoms with Crippen molar-refractivity contribution in [2.75, 3.05) is 13.1 Å². The Balaban J connectivity index is 1.55. The number of nitrogens with one attached hydrogen (secondary N) is 1. The predicted molar refractivity (Wildman–Crippen MR) is 99.2 cm³/mol. The van der Waals surface area contributed by atoms with Crippen molar-refractivity contribution in [3.63, 3.8) is 0 Å². The molecule has 4 rings (SSSR count). The van der Waals surface area contributed by atoms with Crippen LogP contribution in [0, 0.1) is 0 Å². The summed E-state index contributed by atoms with van der Waals surface area (Å²) in [6, 6.07) is 7.59. The van der Waals surface area contributed by atoms with Crippen LogP contribution in [-0.2, 0) is 16.1 Å². The van der Waals surface area contributed by atoms with E-state index in [2.05, 4.69) is 20.8 Å². The smallest absolute Gasteiger partial charge is 0.242 e. The molecular formula is C19H24N6O3. The van der Waals surface area contributed by atoms with E-state index in [0.29, 0.717) is 32.4 Å². The van der Waals surface area contributed by atoms with Crippen LogP contribution in [0.4, 0.5) is 0 Å². The molecule has 0 saturated carbocycles. The molecule has 2 amide bonds. The van der Waals surface area contributed by atoms with Crippen LogP contribution in [0.5, 0.6) is 5.75 Å². The summed E-state index contributed by atoms with van der Waals surface area (Å²) in [6.45, 7) is 3.43. The molecule has 148 valence electrons. The first kappa shape index (κ1) is 18.4. The zero-order chi connectivity index (χ0) is 19.6. The van der Waals surface area contributed by atoms with Crippen LogP contribution in [0.15, 0.2) is 30.6 Å². The molecule has 0 bridgehead atoms. The van der Waals surface area contributed by atoms with Crippen molar-refractivity contribution < 1.29 is 14.3 Å². The summed E-state index contributed by atoms with van der Waals surface area (Å²) in [6.07, 6.45) is 3.91. The summed E-state index contributed by atoms with van der Waals surface area (Å²) in [4.78, 5) is 26.8. The Kier molecular flexibility index (Phi) is 4.97. The van der Waals surface area contributed by atoms with Gasteiger partial charge < -0.3 is 15.0 Å². The molecule has 1 aromatic heterocycles. The van der Waals surface area contributed by atoms with E-state index < -0.39 is 5.60 Å². The maximum absolute atomic E-state index is 12.5. The van der Waals surface area contributed by atoms with Crippen molar-refractivity contribution in [1.82, 2.24) is 30.4 Å². The topological polar surface area (TPSA) is 102 Å². The molecule has 1 N–H and O–H groups in total. The summed E-state index contributed by atoms with van der Waals surface area (Å²) >= 11 is 0. The van der Waals surface area contributed by atoms with Crippen LogP contribution in [0.25, 0.3) is 0 Å². The lowest BCUT2D eigenvalue weighted by Gasteiger charge is -2.42. The first-order valence-corrected chi connectivity index (χ1v) is 9.64. The Morgan fingerprint density at radius 3 is 3.00 bits per heavy atom. The van der Waals surface area contributed by atoms with Crippen molar-refractivity contribution in [1.29, 1.82) is 0 Å². The summed E-state index contributed by atoms with van der Waals surface area (Å²) in [5, 5.41) is 14.0. The number of hydrogen-bond donors (Lipinski definition) is 1. The Morgan fingerprint density at radius 2 is 2.21 bits per heavy atom. The van der Waals surface area contributed by atoms with Gasteiger partial charge in [0, 0.05) is 37.9 Å². The standard InChI is InChI=1S/C19H24N6O3/c1-2-24-10-9-19(8-7-18(24)27)11-15(14-5-3-4-6-16(14)28-19)21-17(26)12-25-13-20-22-23-25/h3-6,13,15H,2,7-12H2,1H3,(H,21,26)/t15-,19+/m0/s1. The van der Waals surface area contributed by atoms with E-state index >= 15 is 0 Å². The van der Waals surface area contributed by atoms with Crippen molar-refractivity contribution in [3.05, 3.63) is 36.2 Å². The fraction of sp³-hybridized carbons (Fsp3) is 0.526. The normalized spacial score (nSPS) is 24.4. The van der Waals surface area contributed by atoms with Crippen molar-refractivity contribution in [2.24, 2.45) is 0 Å². The number of carbonyl (C=O) groups excluding carboxylic acids is 2. The second-order valence-electron chi connectivity index (χ2n) is 7.38. The number of ether oxygens (including phenoxy) is 1. The minimum absolute atomic E-state index is 0.0572. The minimum Gasteiger partial charge on any atom is -0.487 e. The molecule has 9 nitrogen and oxygen atoms in total. The maximum atomic E-state index is 12.5. The summed E-state index contributed by atoms with van der Waals surface area (Å²) < 4.78 is 7.82. The van der Waals surface area contributed by atoms with Crippen LogP contribution >= 0.6 is 0 Å². The Bertz CT molecular complexity index is 855. The average Bonchev–Trinajstić information content (AvgIpc) is 3.14. The lowest BCUT2D eigenvalue weighted by molar-refractivity contribution is -0.130. The molecule has 1 saturated heterocycles. The number of fused-ring (bicyclic) bond motifs is 1. The third-order valence-electron chi connectivity index (χ3n) is 5.60. The quantitative estimate of drug-likeness (QED) is 0.846. The highest BCUT2D eigenvalue weighted by Gasteiger charge is 2.43. The molecule has 2 aromatic rings. The van der Waals surface area contributed by atoms with Gasteiger partial charge in [-0.3, -0.25) is 9.59 Å². The molecule has 3 heterocycles. The van der Waals surface area contributed by atoms with Gasteiger partial charge in [-0.05, 0) is 29.8 Å². The SMILES string of the molecule is CCN1CC[C@]2(CCC1=O)C[C@H](NC(=O)Cn1cnnn1)c1ccccc1O2. The highest BCUT2D eigenvalue weighted by atomic mass is 16.5. The molecule has 28 heavy (non-hydrogen) atoms. The van der Waals surface area contributed by atoms with E-state index in [1.54, 1.807) is 0 Å². The number of carbonyl (C=O) groups is 2. The molecule has 1 aromatic carbocycles. The zero-order valence-electron chi connectivity index (χ0n) is 15.9. The Labute approximate surface area is 163 Å². The van der Waals surface area contributed by atoms with Gasteiger partial charge in [0.1, 0.15) is 24.2 Å². The fourth-order valence-electron chi connectivity index (χ4n) is 4.11. The van der Waals surface area contributed by atoms with E-state index in [4.69, 9.17) is 4.74 Å². The number of rotatable bonds is 4. The summed E-state index contributed by atoms with van der Waals surface area (Å²) in [7, 11) is 0. The van der Waals surface area contributed by atoms with Gasteiger partial charge in [-0.15, -0.1) is 5.10 Å². The first-order valence-electron chi connectivity index (χ1n) is 9.64. The Morgan fingerprint density at radius 1 is 1.36 bits per heavy atom. The van der Waals surface area contributed by atoms with E-state index in [0.717, 1.165) is 17.7 Å². The van der Waals surface area contributed by atoms with Gasteiger partial charge in [0.25, 0.3) is 0 Å². The molecule has 1 spiro atoms. The highest BCUT2D eigenvalue weighted by Crippen LogP contribution is 2.44. The summed E-state index contributed by atoms with van der Waals surface area (Å²) in [5.74, 6) is 0.781. The van der Waals surface area contributed by atoms with E-state index in [9.17, 15) is 9.59 Å². The molecule has 0 unspecified atom stereocenters. The number of para-hydroxylation sites is 1. The fourth-order valence-corrected chi connectivity index (χ4v) is 4.11. The van der Waals surface area contributed by atoms with Gasteiger partial charge in [-0.25, -0.2) is 4.68 Å². The van der Waals surface area contributed by atoms with Crippen molar-refractivity contribution in [2.45, 2.75) is 50.8 Å². The van der Waals surface area contributed by atoms with Gasteiger partial charge in [0.05, 0.1) is 6.04 Å². The van der Waals surface area contributed by atoms with Gasteiger partial charge in [0.15, 0.2) is 0 Å². The number of hydrogen-bond acceptors (Lipinski definition) is 6. The van der Waals surface area contributed by atoms with Gasteiger partial charge in [0.2, 0.25) is 11.8 Å². The lowest BCUT2D eigenvalue weighted by atomic mass is 9.82. The van der Waals surface area contributed by atoms with Crippen LogP contribution in [0.1, 0.15) is 44.2 Å². The number of tetrazole rings is 1. The molecular weight excluding hydrogens is 360 g/mol. The number of nitrogens with zero attached hydrogens (tertiary/aromatic N) is 5. The number of likely N-dealkylation sites (tertiary alicyclic amines) is 1. The monoisotopic (exact) mass is 384 g/mol. The average molecular weight is 384 g/mol. The zero-order valence-corrected chi connectivity index (χ0v) is 15.9. The molecule has 2 aliphatic heterocycles. The number of amides is 2. The van der Waals surface area contributed by atoms with Crippen LogP contribution in [0.3, 0.4) is 0 Å². The predicted octanol–water partition coefficient (Wildman–Crippen LogP) is 1.08. The molecule has 9 heteroatoms. The molecule has 2 aliphatic rings. The second-order valence-corrected chi connectivity index (χ2v) is 7.38. The molecule has 0 radical (unpaired) electrons. The van der Waals surface area contributed by atoms with Gasteiger partial charge in [-0.1, -0.05) is 18.2 Å². The largest absolute Gasteiger partial charge is 0.487 e. The Hall–Kier alpha value is -2.97. The minimum atomic E-state index is -0.458.